The molecule has 0 unspecified atom stereocenters. The number of methoxy groups -OCH3 is 1. The van der Waals surface area contributed by atoms with Crippen LogP contribution in [0.2, 0.25) is 0 Å². The molecule has 4 amide bonds. The summed E-state index contributed by atoms with van der Waals surface area (Å²) in [4.78, 5) is 79.4. The molecule has 1 spiro atoms. The van der Waals surface area contributed by atoms with Gasteiger partial charge in [0.1, 0.15) is 41.6 Å². The van der Waals surface area contributed by atoms with Crippen LogP contribution in [0.4, 0.5) is 10.5 Å². The lowest BCUT2D eigenvalue weighted by Crippen LogP contribution is -2.58. The number of imide groups is 1. The van der Waals surface area contributed by atoms with E-state index in [2.05, 4.69) is 22.5 Å². The van der Waals surface area contributed by atoms with Crippen molar-refractivity contribution < 1.29 is 53.5 Å². The molecule has 1 saturated carbocycles. The highest BCUT2D eigenvalue weighted by atomic mass is 16.6. The van der Waals surface area contributed by atoms with Crippen molar-refractivity contribution in [3.8, 4) is 17.6 Å². The standard InChI is InChI=1S/C59H62N4O11/c1-37(2)48(54(67)72-3)61-57(70)62-45-28-23-38(29-32-58(71)30-15-4-5-16-31-58)35-44(45)59(56(62)69)47(53(66)60-36-46(65)39-17-9-6-10-18-39)50-55(68)74-51(41-21-13-8-14-22-41)49(40-19-11-7-12-20-40)63(50)52(59)42-24-26-43(27-25-42)73-34-33-64/h6-14,17-28,35,37,46-52,64-65,71H,4-5,15-16,30-31,33-34,36H2,1-3H3,(H,60,66)(H,61,70)/t46-,47+,48-,49+,50+,51-,52-,59+/m0/s1. The number of nitrogens with zero attached hydrogens (tertiary/aromatic N) is 2. The number of rotatable bonds is 13. The average molecular weight is 1000 g/mol. The first kappa shape index (κ1) is 51.5. The first-order valence-electron chi connectivity index (χ1n) is 25.4. The fraction of sp³-hybridized carbons (Fsp3) is 0.373. The number of aliphatic hydroxyl groups is 3. The molecule has 74 heavy (non-hydrogen) atoms. The van der Waals surface area contributed by atoms with E-state index in [1.165, 1.54) is 7.11 Å². The van der Waals surface area contributed by atoms with Crippen molar-refractivity contribution >= 4 is 35.5 Å². The van der Waals surface area contributed by atoms with Crippen LogP contribution in [0.3, 0.4) is 0 Å². The highest BCUT2D eigenvalue weighted by Crippen LogP contribution is 2.66. The van der Waals surface area contributed by atoms with Crippen LogP contribution >= 0.6 is 0 Å². The molecule has 15 heteroatoms. The van der Waals surface area contributed by atoms with Crippen molar-refractivity contribution in [2.24, 2.45) is 11.8 Å². The lowest BCUT2D eigenvalue weighted by molar-refractivity contribution is -0.178. The van der Waals surface area contributed by atoms with Gasteiger partial charge in [0.15, 0.2) is 0 Å². The van der Waals surface area contributed by atoms with Crippen LogP contribution in [-0.2, 0) is 34.1 Å². The molecule has 384 valence electrons. The summed E-state index contributed by atoms with van der Waals surface area (Å²) in [7, 11) is 1.20. The summed E-state index contributed by atoms with van der Waals surface area (Å²) >= 11 is 0. The van der Waals surface area contributed by atoms with E-state index in [0.717, 1.165) is 30.6 Å². The number of cyclic esters (lactones) is 1. The highest BCUT2D eigenvalue weighted by Gasteiger charge is 2.75. The first-order valence-corrected chi connectivity index (χ1v) is 25.4. The molecule has 0 radical (unpaired) electrons. The number of esters is 2. The van der Waals surface area contributed by atoms with Crippen LogP contribution in [0.5, 0.6) is 5.75 Å². The SMILES string of the molecule is COC(=O)[C@@H](NC(=O)N1C(=O)[C@@]2(c3cc(C#CC4(O)CCCCCC4)ccc31)[C@H](c1ccc(OCCO)cc1)N1[C@H](c3ccccc3)[C@H](c3ccccc3)OC(=O)[C@H]1[C@@H]2C(=O)NC[C@H](O)c1ccccc1)C(C)C. The van der Waals surface area contributed by atoms with E-state index in [1.807, 2.05) is 65.6 Å². The second-order valence-corrected chi connectivity index (χ2v) is 19.8. The zero-order chi connectivity index (χ0) is 52.1. The van der Waals surface area contributed by atoms with E-state index >= 15 is 19.2 Å². The number of fused-ring (bicyclic) bond motifs is 3. The zero-order valence-corrected chi connectivity index (χ0v) is 41.7. The van der Waals surface area contributed by atoms with Crippen LogP contribution in [0.1, 0.15) is 110 Å². The number of hydrogen-bond donors (Lipinski definition) is 5. The van der Waals surface area contributed by atoms with Gasteiger partial charge < -0.3 is 40.2 Å². The summed E-state index contributed by atoms with van der Waals surface area (Å²) in [5.41, 5.74) is -0.572. The fourth-order valence-electron chi connectivity index (χ4n) is 11.4. The van der Waals surface area contributed by atoms with E-state index in [1.54, 1.807) is 86.6 Å². The predicted molar refractivity (Wildman–Crippen MR) is 274 cm³/mol. The summed E-state index contributed by atoms with van der Waals surface area (Å²) < 4.78 is 17.5. The zero-order valence-electron chi connectivity index (χ0n) is 41.7. The molecule has 0 aromatic heterocycles. The van der Waals surface area contributed by atoms with Gasteiger partial charge in [-0.3, -0.25) is 19.3 Å². The van der Waals surface area contributed by atoms with Crippen molar-refractivity contribution in [3.05, 3.63) is 167 Å². The van der Waals surface area contributed by atoms with Crippen molar-refractivity contribution in [3.63, 3.8) is 0 Å². The van der Waals surface area contributed by atoms with Crippen LogP contribution < -0.4 is 20.3 Å². The minimum absolute atomic E-state index is 0.00349. The second kappa shape index (κ2) is 22.0. The molecular formula is C59H62N4O11. The summed E-state index contributed by atoms with van der Waals surface area (Å²) in [5, 5.41) is 38.6. The maximum absolute atomic E-state index is 16.7. The van der Waals surface area contributed by atoms with Gasteiger partial charge in [-0.15, -0.1) is 0 Å². The van der Waals surface area contributed by atoms with Gasteiger partial charge in [-0.1, -0.05) is 142 Å². The third-order valence-electron chi connectivity index (χ3n) is 14.9. The summed E-state index contributed by atoms with van der Waals surface area (Å²) in [6.45, 7) is 2.87. The molecule has 3 aliphatic heterocycles. The quantitative estimate of drug-likeness (QED) is 0.0464. The number of aliphatic hydroxyl groups excluding tert-OH is 2. The second-order valence-electron chi connectivity index (χ2n) is 19.8. The Morgan fingerprint density at radius 1 is 0.811 bits per heavy atom. The minimum Gasteiger partial charge on any atom is -0.491 e. The van der Waals surface area contributed by atoms with Gasteiger partial charge in [0.2, 0.25) is 11.8 Å². The number of ether oxygens (including phenoxy) is 3. The van der Waals surface area contributed by atoms with Crippen LogP contribution in [0.25, 0.3) is 0 Å². The van der Waals surface area contributed by atoms with Gasteiger partial charge in [0.25, 0.3) is 0 Å². The van der Waals surface area contributed by atoms with E-state index < -0.39 is 89.0 Å². The minimum atomic E-state index is -2.19. The molecule has 5 aromatic carbocycles. The molecule has 3 fully saturated rings. The number of anilines is 1. The Morgan fingerprint density at radius 2 is 1.45 bits per heavy atom. The number of urea groups is 1. The number of morpholine rings is 1. The molecule has 3 heterocycles. The largest absolute Gasteiger partial charge is 0.491 e. The molecule has 5 N–H and O–H groups in total. The highest BCUT2D eigenvalue weighted by molar-refractivity contribution is 6.25. The molecule has 9 rings (SSSR count). The Labute approximate surface area is 430 Å². The molecule has 1 aliphatic carbocycles. The van der Waals surface area contributed by atoms with Gasteiger partial charge in [0, 0.05) is 12.1 Å². The average Bonchev–Trinajstić information content (AvgIpc) is 3.76. The fourth-order valence-corrected chi connectivity index (χ4v) is 11.4. The lowest BCUT2D eigenvalue weighted by atomic mass is 9.65. The lowest BCUT2D eigenvalue weighted by Gasteiger charge is -2.46. The maximum Gasteiger partial charge on any atom is 0.329 e. The van der Waals surface area contributed by atoms with Crippen molar-refractivity contribution in [1.29, 1.82) is 0 Å². The molecule has 5 aromatic rings. The number of carbonyl (C=O) groups excluding carboxylic acids is 5. The van der Waals surface area contributed by atoms with E-state index in [-0.39, 0.29) is 31.0 Å². The van der Waals surface area contributed by atoms with Gasteiger partial charge in [-0.2, -0.15) is 0 Å². The number of carbonyl (C=O) groups is 5. The van der Waals surface area contributed by atoms with E-state index in [0.29, 0.717) is 46.4 Å². The first-order chi connectivity index (χ1) is 35.8. The van der Waals surface area contributed by atoms with Crippen molar-refractivity contribution in [2.75, 3.05) is 31.8 Å². The van der Waals surface area contributed by atoms with Gasteiger partial charge in [-0.25, -0.2) is 14.5 Å². The molecule has 4 aliphatic rings. The van der Waals surface area contributed by atoms with Gasteiger partial charge in [-0.05, 0) is 89.8 Å². The normalized spacial score (nSPS) is 23.8. The topological polar surface area (TPSA) is 204 Å². The maximum atomic E-state index is 16.7. The summed E-state index contributed by atoms with van der Waals surface area (Å²) in [5.74, 6) is 1.33. The Hall–Kier alpha value is -7.35. The smallest absolute Gasteiger partial charge is 0.329 e. The summed E-state index contributed by atoms with van der Waals surface area (Å²) in [6.07, 6.45) is 2.27. The van der Waals surface area contributed by atoms with Gasteiger partial charge in [0.05, 0.1) is 43.5 Å². The van der Waals surface area contributed by atoms with E-state index in [9.17, 15) is 20.1 Å². The third-order valence-corrected chi connectivity index (χ3v) is 14.9. The van der Waals surface area contributed by atoms with Crippen molar-refractivity contribution in [2.45, 2.75) is 99.8 Å². The predicted octanol–water partition coefficient (Wildman–Crippen LogP) is 6.92. The number of benzene rings is 5. The number of hydrogen-bond acceptors (Lipinski definition) is 12. The van der Waals surface area contributed by atoms with Gasteiger partial charge >= 0.3 is 18.0 Å². The Bertz CT molecular complexity index is 2900. The number of amides is 4. The number of nitrogens with one attached hydrogen (secondary N) is 2. The molecule has 2 saturated heterocycles. The molecular weight excluding hydrogens is 941 g/mol. The van der Waals surface area contributed by atoms with Crippen LogP contribution in [-0.4, -0.2) is 94.6 Å². The molecule has 15 nitrogen and oxygen atoms in total. The van der Waals surface area contributed by atoms with Crippen LogP contribution in [0.15, 0.2) is 133 Å². The Morgan fingerprint density at radius 3 is 2.07 bits per heavy atom. The Balaban J connectivity index is 1.33. The monoisotopic (exact) mass is 1000 g/mol. The third kappa shape index (κ3) is 9.78. The van der Waals surface area contributed by atoms with E-state index in [4.69, 9.17) is 14.2 Å². The van der Waals surface area contributed by atoms with Crippen LogP contribution in [0, 0.1) is 23.7 Å². The van der Waals surface area contributed by atoms with Crippen molar-refractivity contribution in [1.82, 2.24) is 15.5 Å². The molecule has 8 atom stereocenters. The Kier molecular flexibility index (Phi) is 15.3. The summed E-state index contributed by atoms with van der Waals surface area (Å²) in [6, 6.07) is 33.1. The molecule has 0 bridgehead atoms.